The maximum atomic E-state index is 12.0. The Morgan fingerprint density at radius 2 is 2.00 bits per heavy atom. The van der Waals surface area contributed by atoms with Crippen molar-refractivity contribution in [3.63, 3.8) is 0 Å². The predicted octanol–water partition coefficient (Wildman–Crippen LogP) is 1.72. The van der Waals surface area contributed by atoms with E-state index in [0.29, 0.717) is 24.1 Å². The van der Waals surface area contributed by atoms with Crippen LogP contribution in [0.2, 0.25) is 0 Å². The van der Waals surface area contributed by atoms with Crippen LogP contribution < -0.4 is 10.6 Å². The van der Waals surface area contributed by atoms with Crippen molar-refractivity contribution in [3.05, 3.63) is 35.9 Å². The van der Waals surface area contributed by atoms with Crippen molar-refractivity contribution in [2.75, 3.05) is 46.4 Å². The summed E-state index contributed by atoms with van der Waals surface area (Å²) in [5, 5.41) is 6.27. The Morgan fingerprint density at radius 3 is 2.68 bits per heavy atom. The number of carbonyl (C=O) groups is 1. The number of likely N-dealkylation sites (tertiary alicyclic amines) is 1. The van der Waals surface area contributed by atoms with Crippen LogP contribution in [0.4, 0.5) is 0 Å². The zero-order chi connectivity index (χ0) is 16.8. The molecule has 0 aliphatic carbocycles. The van der Waals surface area contributed by atoms with Gasteiger partial charge in [-0.2, -0.15) is 0 Å². The molecule has 3 rings (SSSR count). The van der Waals surface area contributed by atoms with Crippen LogP contribution in [-0.4, -0.2) is 63.2 Å². The second-order valence-corrected chi connectivity index (χ2v) is 6.57. The fraction of sp³-hybridized carbons (Fsp3) is 0.556. The topological polar surface area (TPSA) is 66.0 Å². The summed E-state index contributed by atoms with van der Waals surface area (Å²) in [6.45, 7) is 4.99. The molecule has 2 aliphatic rings. The fourth-order valence-corrected chi connectivity index (χ4v) is 3.46. The van der Waals surface area contributed by atoms with E-state index in [1.807, 2.05) is 30.3 Å². The van der Waals surface area contributed by atoms with Crippen molar-refractivity contribution in [1.29, 1.82) is 0 Å². The number of hydrogen-bond donors (Lipinski definition) is 2. The van der Waals surface area contributed by atoms with Crippen molar-refractivity contribution >= 4 is 35.8 Å². The Bertz CT molecular complexity index is 588. The van der Waals surface area contributed by atoms with Crippen molar-refractivity contribution in [1.82, 2.24) is 15.5 Å². The lowest BCUT2D eigenvalue weighted by Gasteiger charge is -2.25. The smallest absolute Gasteiger partial charge is 0.251 e. The largest absolute Gasteiger partial charge is 0.381 e. The van der Waals surface area contributed by atoms with E-state index in [-0.39, 0.29) is 29.9 Å². The minimum atomic E-state index is -0.0457. The molecule has 2 heterocycles. The third kappa shape index (κ3) is 5.07. The molecule has 7 heteroatoms. The molecule has 0 saturated carbocycles. The van der Waals surface area contributed by atoms with Gasteiger partial charge < -0.3 is 20.3 Å². The fourth-order valence-electron chi connectivity index (χ4n) is 3.46. The first kappa shape index (κ1) is 20.0. The Labute approximate surface area is 166 Å². The first-order valence-electron chi connectivity index (χ1n) is 8.59. The number of guanidine groups is 1. The normalized spacial score (nSPS) is 22.8. The number of benzene rings is 1. The minimum Gasteiger partial charge on any atom is -0.381 e. The number of halogens is 1. The maximum absolute atomic E-state index is 12.0. The lowest BCUT2D eigenvalue weighted by molar-refractivity contribution is 0.0954. The summed E-state index contributed by atoms with van der Waals surface area (Å²) in [7, 11) is 1.81. The zero-order valence-electron chi connectivity index (χ0n) is 14.7. The van der Waals surface area contributed by atoms with Gasteiger partial charge in [-0.1, -0.05) is 18.2 Å². The van der Waals surface area contributed by atoms with Gasteiger partial charge in [-0.25, -0.2) is 0 Å². The Morgan fingerprint density at radius 1 is 1.24 bits per heavy atom. The third-order valence-corrected chi connectivity index (χ3v) is 4.86. The molecule has 1 aromatic carbocycles. The molecular formula is C18H27IN4O2. The number of nitrogens with one attached hydrogen (secondary N) is 2. The van der Waals surface area contributed by atoms with Crippen LogP contribution in [0.25, 0.3) is 0 Å². The van der Waals surface area contributed by atoms with Crippen LogP contribution in [-0.2, 0) is 4.74 Å². The van der Waals surface area contributed by atoms with Crippen LogP contribution in [0.5, 0.6) is 0 Å². The molecule has 138 valence electrons. The summed E-state index contributed by atoms with van der Waals surface area (Å²) in [6, 6.07) is 9.26. The molecule has 1 spiro atoms. The third-order valence-electron chi connectivity index (χ3n) is 4.86. The molecule has 6 nitrogen and oxygen atoms in total. The van der Waals surface area contributed by atoms with E-state index >= 15 is 0 Å². The Kier molecular flexibility index (Phi) is 7.49. The molecular weight excluding hydrogens is 431 g/mol. The van der Waals surface area contributed by atoms with Gasteiger partial charge in [-0.3, -0.25) is 9.79 Å². The summed E-state index contributed by atoms with van der Waals surface area (Å²) >= 11 is 0. The van der Waals surface area contributed by atoms with Crippen molar-refractivity contribution in [3.8, 4) is 0 Å². The number of carbonyl (C=O) groups excluding carboxylic acids is 1. The number of nitrogens with zero attached hydrogens (tertiary/aromatic N) is 2. The highest BCUT2D eigenvalue weighted by Crippen LogP contribution is 2.38. The number of aliphatic imine (C=N–C) groups is 1. The van der Waals surface area contributed by atoms with Crippen LogP contribution in [0.3, 0.4) is 0 Å². The SMILES string of the molecule is CN=C(NCCNC(=O)c1ccccc1)N1CCC2(CCOC2)C1.I. The van der Waals surface area contributed by atoms with E-state index in [1.54, 1.807) is 7.05 Å². The van der Waals surface area contributed by atoms with Gasteiger partial charge in [0.2, 0.25) is 0 Å². The molecule has 1 atom stereocenters. The number of hydrogen-bond acceptors (Lipinski definition) is 3. The van der Waals surface area contributed by atoms with Crippen molar-refractivity contribution in [2.24, 2.45) is 10.4 Å². The van der Waals surface area contributed by atoms with Crippen LogP contribution in [0, 0.1) is 5.41 Å². The van der Waals surface area contributed by atoms with Gasteiger partial charge in [0.25, 0.3) is 5.91 Å². The molecule has 0 aromatic heterocycles. The highest BCUT2D eigenvalue weighted by atomic mass is 127. The number of rotatable bonds is 4. The van der Waals surface area contributed by atoms with Crippen molar-refractivity contribution in [2.45, 2.75) is 12.8 Å². The standard InChI is InChI=1S/C18H26N4O2.HI/c1-19-17(22-11-7-18(13-22)8-12-24-14-18)21-10-9-20-16(23)15-5-3-2-4-6-15;/h2-6H,7-14H2,1H3,(H,19,21)(H,20,23);1H. The summed E-state index contributed by atoms with van der Waals surface area (Å²) in [5.74, 6) is 0.864. The molecule has 25 heavy (non-hydrogen) atoms. The van der Waals surface area contributed by atoms with Crippen molar-refractivity contribution < 1.29 is 9.53 Å². The summed E-state index contributed by atoms with van der Waals surface area (Å²) in [4.78, 5) is 18.7. The van der Waals surface area contributed by atoms with Crippen LogP contribution in [0.15, 0.2) is 35.3 Å². The number of amides is 1. The Hall–Kier alpha value is -1.35. The average Bonchev–Trinajstić information content (AvgIpc) is 3.26. The summed E-state index contributed by atoms with van der Waals surface area (Å²) in [6.07, 6.45) is 2.31. The van der Waals surface area contributed by atoms with E-state index in [2.05, 4.69) is 20.5 Å². The lowest BCUT2D eigenvalue weighted by Crippen LogP contribution is -2.44. The molecule has 2 aliphatic heterocycles. The summed E-state index contributed by atoms with van der Waals surface area (Å²) in [5.41, 5.74) is 1.00. The van der Waals surface area contributed by atoms with E-state index < -0.39 is 0 Å². The second kappa shape index (κ2) is 9.38. The zero-order valence-corrected chi connectivity index (χ0v) is 17.0. The van der Waals surface area contributed by atoms with Crippen LogP contribution in [0.1, 0.15) is 23.2 Å². The first-order chi connectivity index (χ1) is 11.7. The van der Waals surface area contributed by atoms with Gasteiger partial charge in [-0.15, -0.1) is 24.0 Å². The molecule has 2 saturated heterocycles. The second-order valence-electron chi connectivity index (χ2n) is 6.57. The minimum absolute atomic E-state index is 0. The molecule has 1 aromatic rings. The lowest BCUT2D eigenvalue weighted by atomic mass is 9.87. The number of ether oxygens (including phenoxy) is 1. The highest BCUT2D eigenvalue weighted by Gasteiger charge is 2.42. The van der Waals surface area contributed by atoms with Gasteiger partial charge in [0, 0.05) is 50.8 Å². The van der Waals surface area contributed by atoms with Gasteiger partial charge >= 0.3 is 0 Å². The van der Waals surface area contributed by atoms with E-state index in [9.17, 15) is 4.79 Å². The van der Waals surface area contributed by atoms with E-state index in [4.69, 9.17) is 4.74 Å². The van der Waals surface area contributed by atoms with Crippen LogP contribution >= 0.6 is 24.0 Å². The molecule has 0 radical (unpaired) electrons. The maximum Gasteiger partial charge on any atom is 0.251 e. The first-order valence-corrected chi connectivity index (χ1v) is 8.59. The van der Waals surface area contributed by atoms with E-state index in [0.717, 1.165) is 38.7 Å². The average molecular weight is 458 g/mol. The Balaban J connectivity index is 0.00000225. The predicted molar refractivity (Wildman–Crippen MR) is 110 cm³/mol. The van der Waals surface area contributed by atoms with Gasteiger partial charge in [-0.05, 0) is 25.0 Å². The molecule has 0 bridgehead atoms. The molecule has 1 amide bonds. The van der Waals surface area contributed by atoms with Gasteiger partial charge in [0.05, 0.1) is 6.61 Å². The van der Waals surface area contributed by atoms with Gasteiger partial charge in [0.15, 0.2) is 5.96 Å². The highest BCUT2D eigenvalue weighted by molar-refractivity contribution is 14.0. The van der Waals surface area contributed by atoms with E-state index in [1.165, 1.54) is 6.42 Å². The molecule has 2 fully saturated rings. The summed E-state index contributed by atoms with van der Waals surface area (Å²) < 4.78 is 5.58. The van der Waals surface area contributed by atoms with Gasteiger partial charge in [0.1, 0.15) is 0 Å². The molecule has 2 N–H and O–H groups in total. The molecule has 1 unspecified atom stereocenters. The monoisotopic (exact) mass is 458 g/mol. The quantitative estimate of drug-likeness (QED) is 0.312.